The van der Waals surface area contributed by atoms with E-state index in [-0.39, 0.29) is 11.6 Å². The monoisotopic (exact) mass is 335 g/mol. The molecule has 0 atom stereocenters. The number of benzene rings is 1. The molecular formula is C17H25N3O4. The lowest BCUT2D eigenvalue weighted by molar-refractivity contribution is -0.385. The van der Waals surface area contributed by atoms with Crippen LogP contribution in [0.5, 0.6) is 0 Å². The lowest BCUT2D eigenvalue weighted by Crippen LogP contribution is -2.40. The van der Waals surface area contributed by atoms with Crippen molar-refractivity contribution in [2.75, 3.05) is 39.9 Å². The number of methoxy groups -OCH3 is 1. The third kappa shape index (κ3) is 4.75. The first-order chi connectivity index (χ1) is 11.5. The van der Waals surface area contributed by atoms with Crippen LogP contribution in [-0.4, -0.2) is 55.6 Å². The molecule has 0 saturated carbocycles. The van der Waals surface area contributed by atoms with E-state index in [2.05, 4.69) is 10.2 Å². The fourth-order valence-corrected chi connectivity index (χ4v) is 3.03. The van der Waals surface area contributed by atoms with E-state index in [0.29, 0.717) is 23.6 Å². The number of amides is 1. The van der Waals surface area contributed by atoms with E-state index in [1.54, 1.807) is 26.2 Å². The standard InChI is InChI=1S/C17H25N3O4/c1-13-15(4-3-5-16(13)20(22)23)17(21)18-12-14-6-8-19(9-7-14)10-11-24-2/h3-5,14H,6-12H2,1-2H3,(H,18,21). The van der Waals surface area contributed by atoms with Gasteiger partial charge in [-0.3, -0.25) is 14.9 Å². The van der Waals surface area contributed by atoms with Crippen molar-refractivity contribution >= 4 is 11.6 Å². The highest BCUT2D eigenvalue weighted by atomic mass is 16.6. The molecule has 1 heterocycles. The van der Waals surface area contributed by atoms with Gasteiger partial charge in [0, 0.05) is 37.4 Å². The van der Waals surface area contributed by atoms with Crippen molar-refractivity contribution in [1.82, 2.24) is 10.2 Å². The molecule has 0 aromatic heterocycles. The minimum atomic E-state index is -0.456. The first kappa shape index (κ1) is 18.4. The van der Waals surface area contributed by atoms with Gasteiger partial charge in [-0.05, 0) is 44.8 Å². The molecule has 0 bridgehead atoms. The summed E-state index contributed by atoms with van der Waals surface area (Å²) < 4.78 is 5.09. The largest absolute Gasteiger partial charge is 0.383 e. The van der Waals surface area contributed by atoms with Gasteiger partial charge < -0.3 is 15.0 Å². The van der Waals surface area contributed by atoms with Crippen LogP contribution in [-0.2, 0) is 4.74 Å². The maximum atomic E-state index is 12.3. The molecule has 1 aliphatic heterocycles. The number of likely N-dealkylation sites (tertiary alicyclic amines) is 1. The van der Waals surface area contributed by atoms with Crippen molar-refractivity contribution in [2.45, 2.75) is 19.8 Å². The Morgan fingerprint density at radius 1 is 1.42 bits per heavy atom. The zero-order valence-electron chi connectivity index (χ0n) is 14.3. The SMILES string of the molecule is COCCN1CCC(CNC(=O)c2cccc([N+](=O)[O-])c2C)CC1. The molecule has 132 valence electrons. The van der Waals surface area contributed by atoms with Crippen molar-refractivity contribution in [3.63, 3.8) is 0 Å². The summed E-state index contributed by atoms with van der Waals surface area (Å²) in [6.45, 7) is 5.94. The van der Waals surface area contributed by atoms with Crippen LogP contribution < -0.4 is 5.32 Å². The topological polar surface area (TPSA) is 84.7 Å². The number of nitrogens with zero attached hydrogens (tertiary/aromatic N) is 2. The predicted molar refractivity (Wildman–Crippen MR) is 91.2 cm³/mol. The number of hydrogen-bond acceptors (Lipinski definition) is 5. The summed E-state index contributed by atoms with van der Waals surface area (Å²) in [5.41, 5.74) is 0.769. The summed E-state index contributed by atoms with van der Waals surface area (Å²) in [4.78, 5) is 25.2. The second-order valence-electron chi connectivity index (χ2n) is 6.19. The van der Waals surface area contributed by atoms with Crippen LogP contribution in [0.15, 0.2) is 18.2 Å². The highest BCUT2D eigenvalue weighted by Crippen LogP contribution is 2.21. The van der Waals surface area contributed by atoms with E-state index in [0.717, 1.165) is 39.1 Å². The minimum absolute atomic E-state index is 0.0194. The van der Waals surface area contributed by atoms with Crippen molar-refractivity contribution in [3.05, 3.63) is 39.4 Å². The molecule has 1 aromatic carbocycles. The molecule has 1 fully saturated rings. The van der Waals surface area contributed by atoms with Crippen LogP contribution in [0.2, 0.25) is 0 Å². The van der Waals surface area contributed by atoms with Gasteiger partial charge in [-0.25, -0.2) is 0 Å². The molecular weight excluding hydrogens is 310 g/mol. The molecule has 1 aromatic rings. The highest BCUT2D eigenvalue weighted by Gasteiger charge is 2.21. The number of piperidine rings is 1. The predicted octanol–water partition coefficient (Wildman–Crippen LogP) is 1.99. The molecule has 24 heavy (non-hydrogen) atoms. The summed E-state index contributed by atoms with van der Waals surface area (Å²) in [5.74, 6) is 0.213. The Bertz CT molecular complexity index is 583. The van der Waals surface area contributed by atoms with Gasteiger partial charge in [0.1, 0.15) is 0 Å². The Labute approximate surface area is 142 Å². The third-order valence-corrected chi connectivity index (χ3v) is 4.62. The van der Waals surface area contributed by atoms with Gasteiger partial charge >= 0.3 is 0 Å². The molecule has 0 radical (unpaired) electrons. The van der Waals surface area contributed by atoms with Crippen molar-refractivity contribution in [2.24, 2.45) is 5.92 Å². The van der Waals surface area contributed by atoms with Gasteiger partial charge in [0.2, 0.25) is 0 Å². The number of nitro groups is 1. The smallest absolute Gasteiger partial charge is 0.273 e. The van der Waals surface area contributed by atoms with Crippen molar-refractivity contribution < 1.29 is 14.5 Å². The van der Waals surface area contributed by atoms with E-state index in [1.165, 1.54) is 6.07 Å². The molecule has 0 spiro atoms. The Hall–Kier alpha value is -1.99. The second kappa shape index (κ2) is 8.75. The first-order valence-electron chi connectivity index (χ1n) is 8.26. The first-order valence-corrected chi connectivity index (χ1v) is 8.26. The Morgan fingerprint density at radius 2 is 2.12 bits per heavy atom. The normalized spacial score (nSPS) is 16.1. The van der Waals surface area contributed by atoms with E-state index >= 15 is 0 Å². The summed E-state index contributed by atoms with van der Waals surface area (Å²) in [6, 6.07) is 4.60. The second-order valence-corrected chi connectivity index (χ2v) is 6.19. The van der Waals surface area contributed by atoms with E-state index in [9.17, 15) is 14.9 Å². The zero-order valence-corrected chi connectivity index (χ0v) is 14.3. The minimum Gasteiger partial charge on any atom is -0.383 e. The van der Waals surface area contributed by atoms with Crippen LogP contribution in [0.1, 0.15) is 28.8 Å². The molecule has 0 unspecified atom stereocenters. The van der Waals surface area contributed by atoms with Crippen LogP contribution in [0, 0.1) is 23.0 Å². The Balaban J connectivity index is 1.84. The molecule has 7 heteroatoms. The van der Waals surface area contributed by atoms with Gasteiger partial charge in [-0.1, -0.05) is 6.07 Å². The van der Waals surface area contributed by atoms with Crippen LogP contribution in [0.3, 0.4) is 0 Å². The number of hydrogen-bond donors (Lipinski definition) is 1. The lowest BCUT2D eigenvalue weighted by Gasteiger charge is -2.31. The Kier molecular flexibility index (Phi) is 6.69. The summed E-state index contributed by atoms with van der Waals surface area (Å²) in [7, 11) is 1.71. The fraction of sp³-hybridized carbons (Fsp3) is 0.588. The molecule has 1 amide bonds. The van der Waals surface area contributed by atoms with Crippen LogP contribution in [0.4, 0.5) is 5.69 Å². The van der Waals surface area contributed by atoms with Gasteiger partial charge in [0.25, 0.3) is 11.6 Å². The maximum Gasteiger partial charge on any atom is 0.273 e. The van der Waals surface area contributed by atoms with Gasteiger partial charge in [0.05, 0.1) is 11.5 Å². The summed E-state index contributed by atoms with van der Waals surface area (Å²) >= 11 is 0. The van der Waals surface area contributed by atoms with Crippen molar-refractivity contribution in [3.8, 4) is 0 Å². The average Bonchev–Trinajstić information content (AvgIpc) is 2.58. The fourth-order valence-electron chi connectivity index (χ4n) is 3.03. The van der Waals surface area contributed by atoms with E-state index in [1.807, 2.05) is 0 Å². The molecule has 1 N–H and O–H groups in total. The number of rotatable bonds is 7. The Morgan fingerprint density at radius 3 is 2.75 bits per heavy atom. The van der Waals surface area contributed by atoms with Crippen LogP contribution >= 0.6 is 0 Å². The summed E-state index contributed by atoms with van der Waals surface area (Å²) in [6.07, 6.45) is 2.08. The maximum absolute atomic E-state index is 12.3. The van der Waals surface area contributed by atoms with Gasteiger partial charge in [-0.15, -0.1) is 0 Å². The van der Waals surface area contributed by atoms with Crippen LogP contribution in [0.25, 0.3) is 0 Å². The number of carbonyl (C=O) groups is 1. The molecule has 1 aliphatic rings. The molecule has 0 aliphatic carbocycles. The van der Waals surface area contributed by atoms with E-state index in [4.69, 9.17) is 4.74 Å². The quantitative estimate of drug-likeness (QED) is 0.608. The lowest BCUT2D eigenvalue weighted by atomic mass is 9.96. The van der Waals surface area contributed by atoms with Gasteiger partial charge in [-0.2, -0.15) is 0 Å². The molecule has 1 saturated heterocycles. The van der Waals surface area contributed by atoms with Gasteiger partial charge in [0.15, 0.2) is 0 Å². The average molecular weight is 335 g/mol. The summed E-state index contributed by atoms with van der Waals surface area (Å²) in [5, 5.41) is 13.9. The molecule has 7 nitrogen and oxygen atoms in total. The molecule has 2 rings (SSSR count). The number of nitro benzene ring substituents is 1. The van der Waals surface area contributed by atoms with Crippen molar-refractivity contribution in [1.29, 1.82) is 0 Å². The highest BCUT2D eigenvalue weighted by molar-refractivity contribution is 5.96. The zero-order chi connectivity index (χ0) is 17.5. The number of ether oxygens (including phenoxy) is 1. The van der Waals surface area contributed by atoms with E-state index < -0.39 is 4.92 Å². The number of carbonyl (C=O) groups excluding carboxylic acids is 1. The third-order valence-electron chi connectivity index (χ3n) is 4.62. The number of nitrogens with one attached hydrogen (secondary N) is 1.